The third-order valence-corrected chi connectivity index (χ3v) is 2.79. The molecule has 0 saturated carbocycles. The molecule has 0 aliphatic carbocycles. The minimum atomic E-state index is -0.368. The molecule has 3 heterocycles. The fourth-order valence-corrected chi connectivity index (χ4v) is 1.85. The van der Waals surface area contributed by atoms with E-state index in [-0.39, 0.29) is 17.4 Å². The number of nitrogens with zero attached hydrogens (tertiary/aromatic N) is 4. The molecule has 0 aromatic carbocycles. The summed E-state index contributed by atoms with van der Waals surface area (Å²) in [5, 5.41) is 2.72. The van der Waals surface area contributed by atoms with Gasteiger partial charge in [-0.05, 0) is 12.1 Å². The molecule has 7 nitrogen and oxygen atoms in total. The molecule has 3 rings (SSSR count). The van der Waals surface area contributed by atoms with Crippen LogP contribution in [0.5, 0.6) is 0 Å². The van der Waals surface area contributed by atoms with Crippen LogP contribution in [0.2, 0.25) is 0 Å². The summed E-state index contributed by atoms with van der Waals surface area (Å²) in [5.74, 6) is -0.257. The first-order chi connectivity index (χ1) is 9.74. The molecule has 0 aliphatic rings. The lowest BCUT2D eigenvalue weighted by Gasteiger charge is -2.03. The number of rotatable bonds is 3. The molecule has 0 spiro atoms. The first-order valence-electron chi connectivity index (χ1n) is 6.01. The van der Waals surface area contributed by atoms with Gasteiger partial charge in [0.1, 0.15) is 5.65 Å². The van der Waals surface area contributed by atoms with Crippen LogP contribution in [0.1, 0.15) is 16.2 Å². The average molecular weight is 268 g/mol. The van der Waals surface area contributed by atoms with E-state index in [4.69, 9.17) is 5.73 Å². The van der Waals surface area contributed by atoms with E-state index in [0.29, 0.717) is 6.54 Å². The van der Waals surface area contributed by atoms with Gasteiger partial charge in [0.05, 0.1) is 12.2 Å². The number of amides is 1. The van der Waals surface area contributed by atoms with E-state index in [2.05, 4.69) is 20.3 Å². The Balaban J connectivity index is 1.73. The Kier molecular flexibility index (Phi) is 3.00. The topological polar surface area (TPSA) is 98.2 Å². The molecular weight excluding hydrogens is 256 g/mol. The van der Waals surface area contributed by atoms with Gasteiger partial charge in [-0.1, -0.05) is 6.07 Å². The van der Waals surface area contributed by atoms with Gasteiger partial charge in [0.25, 0.3) is 5.91 Å². The van der Waals surface area contributed by atoms with Crippen molar-refractivity contribution in [2.75, 3.05) is 5.73 Å². The van der Waals surface area contributed by atoms with Gasteiger partial charge in [0.15, 0.2) is 11.5 Å². The van der Waals surface area contributed by atoms with Crippen LogP contribution in [0.25, 0.3) is 5.65 Å². The van der Waals surface area contributed by atoms with Crippen molar-refractivity contribution in [2.24, 2.45) is 0 Å². The number of pyridine rings is 1. The van der Waals surface area contributed by atoms with Crippen LogP contribution in [-0.2, 0) is 6.54 Å². The molecule has 0 aliphatic heterocycles. The van der Waals surface area contributed by atoms with Crippen molar-refractivity contribution >= 4 is 17.4 Å². The van der Waals surface area contributed by atoms with Crippen LogP contribution < -0.4 is 11.1 Å². The van der Waals surface area contributed by atoms with Crippen LogP contribution in [0.3, 0.4) is 0 Å². The van der Waals surface area contributed by atoms with Gasteiger partial charge in [0, 0.05) is 24.8 Å². The smallest absolute Gasteiger partial charge is 0.274 e. The second-order valence-electron chi connectivity index (χ2n) is 4.17. The summed E-state index contributed by atoms with van der Waals surface area (Å²) in [5.41, 5.74) is 7.30. The van der Waals surface area contributed by atoms with Crippen molar-refractivity contribution in [3.63, 3.8) is 0 Å². The number of aromatic nitrogens is 4. The number of fused-ring (bicyclic) bond motifs is 1. The fraction of sp³-hybridized carbons (Fsp3) is 0.0769. The van der Waals surface area contributed by atoms with Crippen molar-refractivity contribution in [1.82, 2.24) is 24.7 Å². The lowest BCUT2D eigenvalue weighted by molar-refractivity contribution is 0.0946. The standard InChI is InChI=1S/C13H12N6O/c14-12-11(15-4-5-16-12)13(20)17-7-9-8-19-6-2-1-3-10(19)18-9/h1-6,8H,7H2,(H2,14,16)(H,17,20). The summed E-state index contributed by atoms with van der Waals surface area (Å²) < 4.78 is 1.89. The third-order valence-electron chi connectivity index (χ3n) is 2.79. The van der Waals surface area contributed by atoms with Crippen molar-refractivity contribution < 1.29 is 4.79 Å². The number of nitrogens with two attached hydrogens (primary N) is 1. The quantitative estimate of drug-likeness (QED) is 0.726. The van der Waals surface area contributed by atoms with E-state index in [1.807, 2.05) is 35.0 Å². The summed E-state index contributed by atoms with van der Waals surface area (Å²) in [6.07, 6.45) is 6.62. The Labute approximate surface area is 114 Å². The Morgan fingerprint density at radius 3 is 2.95 bits per heavy atom. The predicted molar refractivity (Wildman–Crippen MR) is 72.8 cm³/mol. The average Bonchev–Trinajstić information content (AvgIpc) is 2.88. The Hall–Kier alpha value is -2.96. The maximum Gasteiger partial charge on any atom is 0.274 e. The van der Waals surface area contributed by atoms with Gasteiger partial charge in [-0.15, -0.1) is 0 Å². The van der Waals surface area contributed by atoms with E-state index in [9.17, 15) is 4.79 Å². The molecule has 7 heteroatoms. The summed E-state index contributed by atoms with van der Waals surface area (Å²) in [6.45, 7) is 0.302. The first-order valence-corrected chi connectivity index (χ1v) is 6.01. The fourth-order valence-electron chi connectivity index (χ4n) is 1.85. The molecule has 0 unspecified atom stereocenters. The molecule has 3 aromatic rings. The van der Waals surface area contributed by atoms with Gasteiger partial charge in [-0.3, -0.25) is 4.79 Å². The largest absolute Gasteiger partial charge is 0.382 e. The summed E-state index contributed by atoms with van der Waals surface area (Å²) in [4.78, 5) is 24.0. The molecule has 20 heavy (non-hydrogen) atoms. The minimum Gasteiger partial charge on any atom is -0.382 e. The second kappa shape index (κ2) is 4.96. The lowest BCUT2D eigenvalue weighted by Crippen LogP contribution is -2.25. The van der Waals surface area contributed by atoms with Crippen molar-refractivity contribution in [3.05, 3.63) is 54.4 Å². The maximum atomic E-state index is 11.9. The van der Waals surface area contributed by atoms with Crippen LogP contribution in [0.15, 0.2) is 43.0 Å². The molecule has 0 bridgehead atoms. The Morgan fingerprint density at radius 1 is 1.30 bits per heavy atom. The highest BCUT2D eigenvalue weighted by molar-refractivity contribution is 5.96. The summed E-state index contributed by atoms with van der Waals surface area (Å²) >= 11 is 0. The number of anilines is 1. The zero-order valence-corrected chi connectivity index (χ0v) is 10.5. The van der Waals surface area contributed by atoms with Crippen molar-refractivity contribution in [1.29, 1.82) is 0 Å². The number of nitrogens with one attached hydrogen (secondary N) is 1. The number of carbonyl (C=O) groups excluding carboxylic acids is 1. The molecule has 0 saturated heterocycles. The third kappa shape index (κ3) is 2.28. The zero-order valence-electron chi connectivity index (χ0n) is 10.5. The highest BCUT2D eigenvalue weighted by Crippen LogP contribution is 2.06. The van der Waals surface area contributed by atoms with E-state index < -0.39 is 0 Å². The van der Waals surface area contributed by atoms with Gasteiger partial charge < -0.3 is 15.5 Å². The molecule has 3 aromatic heterocycles. The van der Waals surface area contributed by atoms with Gasteiger partial charge in [0.2, 0.25) is 0 Å². The van der Waals surface area contributed by atoms with Gasteiger partial charge >= 0.3 is 0 Å². The zero-order chi connectivity index (χ0) is 13.9. The van der Waals surface area contributed by atoms with E-state index in [1.165, 1.54) is 12.4 Å². The number of hydrogen-bond acceptors (Lipinski definition) is 5. The molecule has 0 atom stereocenters. The lowest BCUT2D eigenvalue weighted by atomic mass is 10.3. The predicted octanol–water partition coefficient (Wildman–Crippen LogP) is 0.636. The van der Waals surface area contributed by atoms with Crippen LogP contribution >= 0.6 is 0 Å². The SMILES string of the molecule is Nc1nccnc1C(=O)NCc1cn2ccccc2n1. The van der Waals surface area contributed by atoms with Crippen LogP contribution in [-0.4, -0.2) is 25.3 Å². The Bertz CT molecular complexity index is 733. The molecule has 0 fully saturated rings. The minimum absolute atomic E-state index is 0.111. The molecule has 0 radical (unpaired) electrons. The maximum absolute atomic E-state index is 11.9. The normalized spacial score (nSPS) is 10.6. The Morgan fingerprint density at radius 2 is 2.15 bits per heavy atom. The van der Waals surface area contributed by atoms with Crippen molar-refractivity contribution in [3.8, 4) is 0 Å². The van der Waals surface area contributed by atoms with Crippen molar-refractivity contribution in [2.45, 2.75) is 6.54 Å². The molecule has 1 amide bonds. The monoisotopic (exact) mass is 268 g/mol. The van der Waals surface area contributed by atoms with E-state index in [0.717, 1.165) is 11.3 Å². The highest BCUT2D eigenvalue weighted by atomic mass is 16.1. The second-order valence-corrected chi connectivity index (χ2v) is 4.17. The number of carbonyl (C=O) groups is 1. The van der Waals surface area contributed by atoms with E-state index in [1.54, 1.807) is 0 Å². The number of imidazole rings is 1. The van der Waals surface area contributed by atoms with Gasteiger partial charge in [-0.2, -0.15) is 0 Å². The first kappa shape index (κ1) is 12.1. The van der Waals surface area contributed by atoms with Crippen LogP contribution in [0, 0.1) is 0 Å². The van der Waals surface area contributed by atoms with Gasteiger partial charge in [-0.25, -0.2) is 15.0 Å². The highest BCUT2D eigenvalue weighted by Gasteiger charge is 2.12. The molecular formula is C13H12N6O. The summed E-state index contributed by atoms with van der Waals surface area (Å²) in [7, 11) is 0. The molecule has 100 valence electrons. The number of nitrogen functional groups attached to an aromatic ring is 1. The van der Waals surface area contributed by atoms with E-state index >= 15 is 0 Å². The van der Waals surface area contributed by atoms with Crippen LogP contribution in [0.4, 0.5) is 5.82 Å². The number of hydrogen-bond donors (Lipinski definition) is 2. The summed E-state index contributed by atoms with van der Waals surface area (Å²) in [6, 6.07) is 5.72. The molecule has 3 N–H and O–H groups in total.